The molecule has 146 valence electrons. The van der Waals surface area contributed by atoms with Crippen LogP contribution in [0.3, 0.4) is 0 Å². The Morgan fingerprint density at radius 1 is 1.32 bits per heavy atom. The number of nitrogens with one attached hydrogen (secondary N) is 1. The fourth-order valence-corrected chi connectivity index (χ4v) is 4.21. The third-order valence-electron chi connectivity index (χ3n) is 4.90. The highest BCUT2D eigenvalue weighted by molar-refractivity contribution is 7.13. The van der Waals surface area contributed by atoms with Crippen LogP contribution in [0.25, 0.3) is 10.6 Å². The molecule has 3 aromatic rings. The Morgan fingerprint density at radius 2 is 2.11 bits per heavy atom. The van der Waals surface area contributed by atoms with E-state index in [2.05, 4.69) is 20.5 Å². The Morgan fingerprint density at radius 3 is 2.71 bits per heavy atom. The van der Waals surface area contributed by atoms with Gasteiger partial charge in [0.15, 0.2) is 5.82 Å². The number of urea groups is 1. The van der Waals surface area contributed by atoms with E-state index in [1.165, 1.54) is 0 Å². The zero-order chi connectivity index (χ0) is 19.7. The molecule has 0 bridgehead atoms. The first-order chi connectivity index (χ1) is 13.5. The average Bonchev–Trinajstić information content (AvgIpc) is 3.41. The summed E-state index contributed by atoms with van der Waals surface area (Å²) in [6.07, 6.45) is 2.31. The third kappa shape index (κ3) is 3.63. The maximum atomic E-state index is 12.9. The summed E-state index contributed by atoms with van der Waals surface area (Å²) in [4.78, 5) is 19.2. The molecule has 3 heterocycles. The van der Waals surface area contributed by atoms with Crippen LogP contribution in [0.4, 0.5) is 10.5 Å². The Labute approximate surface area is 167 Å². The monoisotopic (exact) mass is 398 g/mol. The molecule has 1 aromatic carbocycles. The lowest BCUT2D eigenvalue weighted by Crippen LogP contribution is -2.36. The minimum absolute atomic E-state index is 0.0250. The molecule has 2 atom stereocenters. The molecule has 0 aliphatic carbocycles. The number of amides is 2. The van der Waals surface area contributed by atoms with Gasteiger partial charge in [-0.3, -0.25) is 0 Å². The molecule has 1 fully saturated rings. The Kier molecular flexibility index (Phi) is 5.10. The number of anilines is 1. The van der Waals surface area contributed by atoms with Crippen molar-refractivity contribution in [2.24, 2.45) is 7.05 Å². The van der Waals surface area contributed by atoms with E-state index in [1.807, 2.05) is 48.2 Å². The predicted molar refractivity (Wildman–Crippen MR) is 107 cm³/mol. The van der Waals surface area contributed by atoms with E-state index >= 15 is 0 Å². The molecule has 4 rings (SSSR count). The van der Waals surface area contributed by atoms with Crippen LogP contribution < -0.4 is 5.32 Å². The minimum atomic E-state index is -0.176. The summed E-state index contributed by atoms with van der Waals surface area (Å²) in [6.45, 7) is 2.49. The van der Waals surface area contributed by atoms with E-state index in [0.717, 1.165) is 27.8 Å². The molecule has 28 heavy (non-hydrogen) atoms. The van der Waals surface area contributed by atoms with Crippen molar-refractivity contribution < 1.29 is 9.53 Å². The number of likely N-dealkylation sites (tertiary alicyclic amines) is 1. The second-order valence-corrected chi connectivity index (χ2v) is 7.72. The SMILES string of the molecule is CO[C@@H]1C[C@@H](c2nncn2C)N(C(=O)Nc2ccc(-c3nc(C)cs3)cc2)C1. The van der Waals surface area contributed by atoms with Gasteiger partial charge in [0, 0.05) is 49.4 Å². The van der Waals surface area contributed by atoms with Gasteiger partial charge in [-0.1, -0.05) is 0 Å². The molecular formula is C19H22N6O2S. The highest BCUT2D eigenvalue weighted by atomic mass is 32.1. The van der Waals surface area contributed by atoms with Gasteiger partial charge in [0.25, 0.3) is 0 Å². The van der Waals surface area contributed by atoms with E-state index in [-0.39, 0.29) is 18.2 Å². The molecule has 9 heteroatoms. The summed E-state index contributed by atoms with van der Waals surface area (Å²) in [5.41, 5.74) is 2.78. The number of benzene rings is 1. The molecule has 2 aromatic heterocycles. The number of aromatic nitrogens is 4. The summed E-state index contributed by atoms with van der Waals surface area (Å²) in [5.74, 6) is 0.754. The van der Waals surface area contributed by atoms with Crippen LogP contribution in [0, 0.1) is 6.92 Å². The molecular weight excluding hydrogens is 376 g/mol. The van der Waals surface area contributed by atoms with Gasteiger partial charge in [0.05, 0.1) is 12.1 Å². The second kappa shape index (κ2) is 7.69. The maximum absolute atomic E-state index is 12.9. The van der Waals surface area contributed by atoms with Gasteiger partial charge >= 0.3 is 6.03 Å². The van der Waals surface area contributed by atoms with Gasteiger partial charge in [0.2, 0.25) is 0 Å². The summed E-state index contributed by atoms with van der Waals surface area (Å²) >= 11 is 1.61. The Bertz CT molecular complexity index is 967. The topological polar surface area (TPSA) is 85.2 Å². The van der Waals surface area contributed by atoms with Crippen LogP contribution >= 0.6 is 11.3 Å². The lowest BCUT2D eigenvalue weighted by Gasteiger charge is -2.24. The summed E-state index contributed by atoms with van der Waals surface area (Å²) < 4.78 is 7.33. The van der Waals surface area contributed by atoms with Gasteiger partial charge in [0.1, 0.15) is 11.3 Å². The quantitative estimate of drug-likeness (QED) is 0.729. The van der Waals surface area contributed by atoms with E-state index in [9.17, 15) is 4.79 Å². The van der Waals surface area contributed by atoms with Gasteiger partial charge in [-0.2, -0.15) is 0 Å². The number of rotatable bonds is 4. The van der Waals surface area contributed by atoms with Crippen LogP contribution in [-0.2, 0) is 11.8 Å². The molecule has 1 aliphatic heterocycles. The molecule has 1 aliphatic rings. The Hall–Kier alpha value is -2.78. The van der Waals surface area contributed by atoms with E-state index in [1.54, 1.807) is 29.7 Å². The molecule has 1 N–H and O–H groups in total. The van der Waals surface area contributed by atoms with Gasteiger partial charge in [-0.05, 0) is 31.2 Å². The van der Waals surface area contributed by atoms with Gasteiger partial charge in [-0.25, -0.2) is 9.78 Å². The van der Waals surface area contributed by atoms with Crippen LogP contribution in [-0.4, -0.2) is 50.4 Å². The lowest BCUT2D eigenvalue weighted by molar-refractivity contribution is 0.111. The van der Waals surface area contributed by atoms with E-state index in [4.69, 9.17) is 4.74 Å². The lowest BCUT2D eigenvalue weighted by atomic mass is 10.2. The molecule has 0 radical (unpaired) electrons. The van der Waals surface area contributed by atoms with Crippen molar-refractivity contribution in [2.45, 2.75) is 25.5 Å². The first-order valence-corrected chi connectivity index (χ1v) is 9.90. The zero-order valence-electron chi connectivity index (χ0n) is 16.0. The summed E-state index contributed by atoms with van der Waals surface area (Å²) in [6, 6.07) is 7.38. The Balaban J connectivity index is 1.49. The second-order valence-electron chi connectivity index (χ2n) is 6.86. The number of hydrogen-bond acceptors (Lipinski definition) is 6. The molecule has 0 spiro atoms. The van der Waals surface area contributed by atoms with Crippen molar-refractivity contribution in [2.75, 3.05) is 19.0 Å². The third-order valence-corrected chi connectivity index (χ3v) is 5.91. The summed E-state index contributed by atoms with van der Waals surface area (Å²) in [7, 11) is 3.55. The maximum Gasteiger partial charge on any atom is 0.322 e. The van der Waals surface area contributed by atoms with E-state index in [0.29, 0.717) is 13.0 Å². The molecule has 8 nitrogen and oxygen atoms in total. The summed E-state index contributed by atoms with van der Waals surface area (Å²) in [5, 5.41) is 14.1. The molecule has 0 saturated carbocycles. The van der Waals surface area contributed by atoms with Crippen molar-refractivity contribution in [3.63, 3.8) is 0 Å². The largest absolute Gasteiger partial charge is 0.380 e. The number of hydrogen-bond donors (Lipinski definition) is 1. The average molecular weight is 398 g/mol. The van der Waals surface area contributed by atoms with Crippen molar-refractivity contribution in [3.05, 3.63) is 47.5 Å². The number of thiazole rings is 1. The number of carbonyl (C=O) groups excluding carboxylic acids is 1. The first-order valence-electron chi connectivity index (χ1n) is 9.02. The van der Waals surface area contributed by atoms with E-state index < -0.39 is 0 Å². The van der Waals surface area contributed by atoms with Crippen molar-refractivity contribution in [3.8, 4) is 10.6 Å². The van der Waals surface area contributed by atoms with Crippen molar-refractivity contribution in [1.82, 2.24) is 24.6 Å². The molecule has 0 unspecified atom stereocenters. The number of ether oxygens (including phenoxy) is 1. The van der Waals surface area contributed by atoms with Crippen LogP contribution in [0.2, 0.25) is 0 Å². The minimum Gasteiger partial charge on any atom is -0.380 e. The predicted octanol–water partition coefficient (Wildman–Crippen LogP) is 3.24. The molecule has 1 saturated heterocycles. The number of aryl methyl sites for hydroxylation is 2. The normalized spacial score (nSPS) is 19.2. The zero-order valence-corrected chi connectivity index (χ0v) is 16.8. The van der Waals surface area contributed by atoms with Crippen LogP contribution in [0.1, 0.15) is 24.0 Å². The fourth-order valence-electron chi connectivity index (χ4n) is 3.41. The number of methoxy groups -OCH3 is 1. The van der Waals surface area contributed by atoms with Crippen LogP contribution in [0.5, 0.6) is 0 Å². The van der Waals surface area contributed by atoms with Gasteiger partial charge < -0.3 is 19.5 Å². The number of nitrogens with zero attached hydrogens (tertiary/aromatic N) is 5. The van der Waals surface area contributed by atoms with Gasteiger partial charge in [-0.15, -0.1) is 21.5 Å². The van der Waals surface area contributed by atoms with Crippen molar-refractivity contribution in [1.29, 1.82) is 0 Å². The number of carbonyl (C=O) groups is 1. The first kappa shape index (κ1) is 18.6. The van der Waals surface area contributed by atoms with Crippen molar-refractivity contribution >= 4 is 23.1 Å². The highest BCUT2D eigenvalue weighted by Gasteiger charge is 2.38. The molecule has 2 amide bonds. The smallest absolute Gasteiger partial charge is 0.322 e. The highest BCUT2D eigenvalue weighted by Crippen LogP contribution is 2.32. The fraction of sp³-hybridized carbons (Fsp3) is 0.368. The standard InChI is InChI=1S/C19H22N6O2S/c1-12-10-28-18(21-12)13-4-6-14(7-5-13)22-19(26)25-9-15(27-3)8-16(25)17-23-20-11-24(17)2/h4-7,10-11,15-16H,8-9H2,1-3H3,(H,22,26)/t15-,16+/m1/s1. The van der Waals surface area contributed by atoms with Crippen LogP contribution in [0.15, 0.2) is 36.0 Å².